The second kappa shape index (κ2) is 3.01. The molecule has 0 atom stereocenters. The Labute approximate surface area is 77.4 Å². The summed E-state index contributed by atoms with van der Waals surface area (Å²) in [6, 6.07) is 5.93. The maximum Gasteiger partial charge on any atom is 0.143 e. The minimum Gasteiger partial charge on any atom is -0.485 e. The summed E-state index contributed by atoms with van der Waals surface area (Å²) < 4.78 is 5.45. The molecule has 1 aliphatic rings. The first kappa shape index (κ1) is 7.98. The van der Waals surface area contributed by atoms with Crippen molar-refractivity contribution in [3.05, 3.63) is 30.5 Å². The zero-order valence-electron chi connectivity index (χ0n) is 7.55. The minimum atomic E-state index is 0.548. The molecule has 2 rings (SSSR count). The van der Waals surface area contributed by atoms with Gasteiger partial charge in [0.05, 0.1) is 5.69 Å². The number of anilines is 2. The van der Waals surface area contributed by atoms with Crippen LogP contribution in [-0.4, -0.2) is 13.7 Å². The van der Waals surface area contributed by atoms with Gasteiger partial charge in [0.1, 0.15) is 12.4 Å². The van der Waals surface area contributed by atoms with Crippen LogP contribution in [0.4, 0.5) is 11.4 Å². The molecule has 3 heteroatoms. The molecule has 1 aliphatic heterocycles. The molecule has 0 saturated carbocycles. The first-order valence-electron chi connectivity index (χ1n) is 4.19. The van der Waals surface area contributed by atoms with E-state index in [0.717, 1.165) is 22.8 Å². The highest BCUT2D eigenvalue weighted by Gasteiger charge is 2.11. The molecule has 2 N–H and O–H groups in total. The van der Waals surface area contributed by atoms with Crippen LogP contribution in [0.1, 0.15) is 0 Å². The first-order chi connectivity index (χ1) is 6.29. The molecule has 1 aromatic carbocycles. The van der Waals surface area contributed by atoms with Gasteiger partial charge in [0.2, 0.25) is 0 Å². The SMILES string of the molecule is C=C1COc2ccc(NC)cc2N1. The third-order valence-electron chi connectivity index (χ3n) is 1.98. The quantitative estimate of drug-likeness (QED) is 0.687. The van der Waals surface area contributed by atoms with Gasteiger partial charge < -0.3 is 15.4 Å². The summed E-state index contributed by atoms with van der Waals surface area (Å²) in [5.74, 6) is 0.881. The monoisotopic (exact) mass is 176 g/mol. The molecule has 13 heavy (non-hydrogen) atoms. The van der Waals surface area contributed by atoms with Crippen molar-refractivity contribution in [3.63, 3.8) is 0 Å². The average molecular weight is 176 g/mol. The standard InChI is InChI=1S/C10H12N2O/c1-7-6-13-10-4-3-8(11-2)5-9(10)12-7/h3-5,11-12H,1,6H2,2H3. The second-order valence-electron chi connectivity index (χ2n) is 2.98. The van der Waals surface area contributed by atoms with E-state index in [2.05, 4.69) is 17.2 Å². The van der Waals surface area contributed by atoms with E-state index in [0.29, 0.717) is 6.61 Å². The lowest BCUT2D eigenvalue weighted by Gasteiger charge is -2.21. The summed E-state index contributed by atoms with van der Waals surface area (Å²) in [7, 11) is 1.89. The predicted molar refractivity (Wildman–Crippen MR) is 54.2 cm³/mol. The smallest absolute Gasteiger partial charge is 0.143 e. The molecular weight excluding hydrogens is 164 g/mol. The Morgan fingerprint density at radius 2 is 2.38 bits per heavy atom. The lowest BCUT2D eigenvalue weighted by molar-refractivity contribution is 0.346. The van der Waals surface area contributed by atoms with E-state index in [1.807, 2.05) is 25.2 Å². The van der Waals surface area contributed by atoms with E-state index in [4.69, 9.17) is 4.74 Å². The lowest BCUT2D eigenvalue weighted by atomic mass is 10.2. The predicted octanol–water partition coefficient (Wildman–Crippen LogP) is 2.05. The van der Waals surface area contributed by atoms with Crippen molar-refractivity contribution in [2.24, 2.45) is 0 Å². The van der Waals surface area contributed by atoms with Crippen LogP contribution in [0.5, 0.6) is 5.75 Å². The van der Waals surface area contributed by atoms with E-state index < -0.39 is 0 Å². The van der Waals surface area contributed by atoms with Gasteiger partial charge in [-0.15, -0.1) is 0 Å². The van der Waals surface area contributed by atoms with E-state index >= 15 is 0 Å². The second-order valence-corrected chi connectivity index (χ2v) is 2.98. The molecule has 0 radical (unpaired) electrons. The van der Waals surface area contributed by atoms with Crippen LogP contribution in [0.3, 0.4) is 0 Å². The Bertz CT molecular complexity index is 347. The third-order valence-corrected chi connectivity index (χ3v) is 1.98. The lowest BCUT2D eigenvalue weighted by Crippen LogP contribution is -2.15. The molecule has 0 aromatic heterocycles. The van der Waals surface area contributed by atoms with Crippen molar-refractivity contribution in [3.8, 4) is 5.75 Å². The maximum absolute atomic E-state index is 5.45. The molecule has 1 aromatic rings. The molecular formula is C10H12N2O. The molecule has 1 heterocycles. The highest BCUT2D eigenvalue weighted by Crippen LogP contribution is 2.31. The molecule has 0 amide bonds. The molecule has 0 aliphatic carbocycles. The summed E-state index contributed by atoms with van der Waals surface area (Å²) in [5, 5.41) is 6.24. The molecule has 0 bridgehead atoms. The summed E-state index contributed by atoms with van der Waals surface area (Å²) in [5.41, 5.74) is 2.92. The zero-order valence-corrected chi connectivity index (χ0v) is 7.55. The molecule has 0 saturated heterocycles. The number of rotatable bonds is 1. The van der Waals surface area contributed by atoms with Gasteiger partial charge in [-0.3, -0.25) is 0 Å². The van der Waals surface area contributed by atoms with Crippen LogP contribution in [0, 0.1) is 0 Å². The Morgan fingerprint density at radius 3 is 3.15 bits per heavy atom. The highest BCUT2D eigenvalue weighted by molar-refractivity contribution is 5.67. The topological polar surface area (TPSA) is 33.3 Å². The van der Waals surface area contributed by atoms with Gasteiger partial charge in [-0.25, -0.2) is 0 Å². The van der Waals surface area contributed by atoms with Crippen LogP contribution in [0.25, 0.3) is 0 Å². The van der Waals surface area contributed by atoms with Crippen LogP contribution >= 0.6 is 0 Å². The fraction of sp³-hybridized carbons (Fsp3) is 0.200. The first-order valence-corrected chi connectivity index (χ1v) is 4.19. The average Bonchev–Trinajstić information content (AvgIpc) is 2.16. The van der Waals surface area contributed by atoms with Crippen molar-refractivity contribution < 1.29 is 4.74 Å². The van der Waals surface area contributed by atoms with Gasteiger partial charge in [0.15, 0.2) is 0 Å². The van der Waals surface area contributed by atoms with E-state index in [9.17, 15) is 0 Å². The number of nitrogens with one attached hydrogen (secondary N) is 2. The van der Waals surface area contributed by atoms with Crippen molar-refractivity contribution in [2.45, 2.75) is 0 Å². The van der Waals surface area contributed by atoms with Gasteiger partial charge in [-0.05, 0) is 18.2 Å². The van der Waals surface area contributed by atoms with Crippen molar-refractivity contribution >= 4 is 11.4 Å². The van der Waals surface area contributed by atoms with Crippen LogP contribution in [0.15, 0.2) is 30.5 Å². The molecule has 0 unspecified atom stereocenters. The Morgan fingerprint density at radius 1 is 1.54 bits per heavy atom. The maximum atomic E-state index is 5.45. The number of hydrogen-bond donors (Lipinski definition) is 2. The summed E-state index contributed by atoms with van der Waals surface area (Å²) in [4.78, 5) is 0. The van der Waals surface area contributed by atoms with Gasteiger partial charge in [-0.2, -0.15) is 0 Å². The van der Waals surface area contributed by atoms with Crippen LogP contribution in [0.2, 0.25) is 0 Å². The van der Waals surface area contributed by atoms with Gasteiger partial charge in [-0.1, -0.05) is 6.58 Å². The van der Waals surface area contributed by atoms with Gasteiger partial charge >= 0.3 is 0 Å². The minimum absolute atomic E-state index is 0.548. The normalized spacial score (nSPS) is 14.1. The van der Waals surface area contributed by atoms with E-state index in [1.165, 1.54) is 0 Å². The number of fused-ring (bicyclic) bond motifs is 1. The number of hydrogen-bond acceptors (Lipinski definition) is 3. The fourth-order valence-electron chi connectivity index (χ4n) is 1.30. The van der Waals surface area contributed by atoms with Gasteiger partial charge in [0.25, 0.3) is 0 Å². The zero-order chi connectivity index (χ0) is 9.26. The fourth-order valence-corrected chi connectivity index (χ4v) is 1.30. The Kier molecular flexibility index (Phi) is 1.85. The van der Waals surface area contributed by atoms with E-state index in [1.54, 1.807) is 0 Å². The number of benzene rings is 1. The molecule has 0 fully saturated rings. The number of ether oxygens (including phenoxy) is 1. The highest BCUT2D eigenvalue weighted by atomic mass is 16.5. The van der Waals surface area contributed by atoms with Crippen molar-refractivity contribution in [1.82, 2.24) is 0 Å². The molecule has 0 spiro atoms. The van der Waals surface area contributed by atoms with Crippen molar-refractivity contribution in [1.29, 1.82) is 0 Å². The summed E-state index contributed by atoms with van der Waals surface area (Å²) in [6.07, 6.45) is 0. The van der Waals surface area contributed by atoms with Gasteiger partial charge in [0, 0.05) is 18.4 Å². The Balaban J connectivity index is 2.38. The van der Waals surface area contributed by atoms with Crippen LogP contribution in [-0.2, 0) is 0 Å². The molecule has 3 nitrogen and oxygen atoms in total. The molecule has 68 valence electrons. The summed E-state index contributed by atoms with van der Waals surface area (Å²) in [6.45, 7) is 4.36. The summed E-state index contributed by atoms with van der Waals surface area (Å²) >= 11 is 0. The van der Waals surface area contributed by atoms with Crippen LogP contribution < -0.4 is 15.4 Å². The van der Waals surface area contributed by atoms with E-state index in [-0.39, 0.29) is 0 Å². The van der Waals surface area contributed by atoms with Crippen molar-refractivity contribution in [2.75, 3.05) is 24.3 Å². The largest absolute Gasteiger partial charge is 0.485 e. The third kappa shape index (κ3) is 1.45. The Hall–Kier alpha value is -1.64.